The summed E-state index contributed by atoms with van der Waals surface area (Å²) in [7, 11) is 0. The van der Waals surface area contributed by atoms with E-state index in [1.165, 1.54) is 6.07 Å². The molecule has 0 spiro atoms. The molecule has 3 atom stereocenters. The monoisotopic (exact) mass is 278 g/mol. The molecule has 0 aromatic heterocycles. The first-order valence-electron chi connectivity index (χ1n) is 7.15. The van der Waals surface area contributed by atoms with Gasteiger partial charge in [0, 0.05) is 24.7 Å². The van der Waals surface area contributed by atoms with Crippen molar-refractivity contribution < 1.29 is 10.0 Å². The van der Waals surface area contributed by atoms with Crippen molar-refractivity contribution in [3.8, 4) is 0 Å². The van der Waals surface area contributed by atoms with Gasteiger partial charge in [0.15, 0.2) is 0 Å². The summed E-state index contributed by atoms with van der Waals surface area (Å²) in [6.45, 7) is 5.74. The standard InChI is InChI=1S/C15H22N2O3/c1-11(13-5-3-7-15(9-13)17(19)20)16-8-4-6-14(10-16)12(2)18/h3,5,7,9,11-12,14,18H,4,6,8,10H2,1-2H3. The zero-order chi connectivity index (χ0) is 14.7. The largest absolute Gasteiger partial charge is 0.393 e. The number of hydrogen-bond acceptors (Lipinski definition) is 4. The minimum absolute atomic E-state index is 0.136. The third-order valence-corrected chi connectivity index (χ3v) is 4.28. The lowest BCUT2D eigenvalue weighted by Crippen LogP contribution is -2.40. The van der Waals surface area contributed by atoms with Crippen LogP contribution in [0.3, 0.4) is 0 Å². The van der Waals surface area contributed by atoms with Gasteiger partial charge in [-0.05, 0) is 44.7 Å². The summed E-state index contributed by atoms with van der Waals surface area (Å²) in [6.07, 6.45) is 1.82. The van der Waals surface area contributed by atoms with Crippen LogP contribution in [0.5, 0.6) is 0 Å². The summed E-state index contributed by atoms with van der Waals surface area (Å²) >= 11 is 0. The van der Waals surface area contributed by atoms with Gasteiger partial charge in [0.2, 0.25) is 0 Å². The van der Waals surface area contributed by atoms with Gasteiger partial charge >= 0.3 is 0 Å². The van der Waals surface area contributed by atoms with Crippen molar-refractivity contribution in [3.63, 3.8) is 0 Å². The highest BCUT2D eigenvalue weighted by Crippen LogP contribution is 2.29. The van der Waals surface area contributed by atoms with E-state index in [0.29, 0.717) is 5.92 Å². The lowest BCUT2D eigenvalue weighted by Gasteiger charge is -2.38. The predicted octanol–water partition coefficient (Wildman–Crippen LogP) is 2.75. The van der Waals surface area contributed by atoms with Gasteiger partial charge in [0.05, 0.1) is 11.0 Å². The number of hydrogen-bond donors (Lipinski definition) is 1. The number of aliphatic hydroxyl groups is 1. The van der Waals surface area contributed by atoms with Crippen LogP contribution in [-0.4, -0.2) is 34.1 Å². The smallest absolute Gasteiger partial charge is 0.269 e. The van der Waals surface area contributed by atoms with Crippen molar-refractivity contribution in [3.05, 3.63) is 39.9 Å². The zero-order valence-electron chi connectivity index (χ0n) is 12.0. The van der Waals surface area contributed by atoms with E-state index in [2.05, 4.69) is 11.8 Å². The fraction of sp³-hybridized carbons (Fsp3) is 0.600. The Balaban J connectivity index is 2.12. The van der Waals surface area contributed by atoms with E-state index in [-0.39, 0.29) is 22.8 Å². The number of likely N-dealkylation sites (tertiary alicyclic amines) is 1. The fourth-order valence-corrected chi connectivity index (χ4v) is 2.89. The Bertz CT molecular complexity index is 476. The maximum atomic E-state index is 10.9. The molecule has 1 fully saturated rings. The first-order valence-corrected chi connectivity index (χ1v) is 7.15. The minimum atomic E-state index is -0.356. The van der Waals surface area contributed by atoms with Gasteiger partial charge in [-0.15, -0.1) is 0 Å². The summed E-state index contributed by atoms with van der Waals surface area (Å²) in [4.78, 5) is 12.8. The van der Waals surface area contributed by atoms with Crippen molar-refractivity contribution in [2.75, 3.05) is 13.1 Å². The minimum Gasteiger partial charge on any atom is -0.393 e. The average molecular weight is 278 g/mol. The molecule has 0 amide bonds. The van der Waals surface area contributed by atoms with Crippen molar-refractivity contribution in [2.24, 2.45) is 5.92 Å². The maximum Gasteiger partial charge on any atom is 0.269 e. The highest BCUT2D eigenvalue weighted by atomic mass is 16.6. The van der Waals surface area contributed by atoms with Crippen molar-refractivity contribution >= 4 is 5.69 Å². The first kappa shape index (κ1) is 14.9. The van der Waals surface area contributed by atoms with Crippen LogP contribution < -0.4 is 0 Å². The number of benzene rings is 1. The maximum absolute atomic E-state index is 10.9. The molecule has 20 heavy (non-hydrogen) atoms. The highest BCUT2D eigenvalue weighted by Gasteiger charge is 2.27. The molecule has 0 aliphatic carbocycles. The first-order chi connectivity index (χ1) is 9.49. The zero-order valence-corrected chi connectivity index (χ0v) is 12.0. The van der Waals surface area contributed by atoms with E-state index in [0.717, 1.165) is 31.5 Å². The fourth-order valence-electron chi connectivity index (χ4n) is 2.89. The van der Waals surface area contributed by atoms with Gasteiger partial charge in [-0.1, -0.05) is 12.1 Å². The molecule has 5 heteroatoms. The number of nitro groups is 1. The van der Waals surface area contributed by atoms with E-state index >= 15 is 0 Å². The van der Waals surface area contributed by atoms with E-state index in [1.807, 2.05) is 13.0 Å². The Labute approximate surface area is 119 Å². The van der Waals surface area contributed by atoms with E-state index in [4.69, 9.17) is 0 Å². The molecule has 1 heterocycles. The molecule has 2 rings (SSSR count). The third-order valence-electron chi connectivity index (χ3n) is 4.28. The van der Waals surface area contributed by atoms with Gasteiger partial charge in [-0.25, -0.2) is 0 Å². The molecule has 1 N–H and O–H groups in total. The highest BCUT2D eigenvalue weighted by molar-refractivity contribution is 5.35. The topological polar surface area (TPSA) is 66.6 Å². The molecular formula is C15H22N2O3. The van der Waals surface area contributed by atoms with Crippen LogP contribution in [0.15, 0.2) is 24.3 Å². The summed E-state index contributed by atoms with van der Waals surface area (Å²) in [6, 6.07) is 6.97. The van der Waals surface area contributed by atoms with E-state index in [1.54, 1.807) is 12.1 Å². The Hall–Kier alpha value is -1.46. The Kier molecular flexibility index (Phi) is 4.73. The molecule has 1 aromatic rings. The molecule has 5 nitrogen and oxygen atoms in total. The second-order valence-corrected chi connectivity index (χ2v) is 5.67. The molecule has 1 aliphatic heterocycles. The number of piperidine rings is 1. The lowest BCUT2D eigenvalue weighted by molar-refractivity contribution is -0.385. The number of nitrogens with zero attached hydrogens (tertiary/aromatic N) is 2. The Morgan fingerprint density at radius 2 is 2.20 bits per heavy atom. The van der Waals surface area contributed by atoms with Gasteiger partial charge in [-0.2, -0.15) is 0 Å². The number of nitro benzene ring substituents is 1. The molecular weight excluding hydrogens is 256 g/mol. The normalized spacial score (nSPS) is 23.2. The van der Waals surface area contributed by atoms with Crippen molar-refractivity contribution in [2.45, 2.75) is 38.8 Å². The van der Waals surface area contributed by atoms with Gasteiger partial charge in [-0.3, -0.25) is 15.0 Å². The summed E-state index contributed by atoms with van der Waals surface area (Å²) in [5.74, 6) is 0.296. The number of rotatable bonds is 4. The molecule has 0 radical (unpaired) electrons. The lowest BCUT2D eigenvalue weighted by atomic mass is 9.91. The molecule has 1 aliphatic rings. The number of aliphatic hydroxyl groups excluding tert-OH is 1. The van der Waals surface area contributed by atoms with E-state index < -0.39 is 0 Å². The van der Waals surface area contributed by atoms with Crippen molar-refractivity contribution in [1.82, 2.24) is 4.90 Å². The van der Waals surface area contributed by atoms with Crippen LogP contribution >= 0.6 is 0 Å². The third kappa shape index (κ3) is 3.35. The SMILES string of the molecule is CC(O)C1CCCN(C(C)c2cccc([N+](=O)[O-])c2)C1. The van der Waals surface area contributed by atoms with Crippen LogP contribution in [0.25, 0.3) is 0 Å². The summed E-state index contributed by atoms with van der Waals surface area (Å²) in [5, 5.41) is 20.6. The van der Waals surface area contributed by atoms with Crippen LogP contribution in [0, 0.1) is 16.0 Å². The second kappa shape index (κ2) is 6.33. The van der Waals surface area contributed by atoms with E-state index in [9.17, 15) is 15.2 Å². The van der Waals surface area contributed by atoms with Gasteiger partial charge in [0.25, 0.3) is 5.69 Å². The van der Waals surface area contributed by atoms with Gasteiger partial charge < -0.3 is 5.11 Å². The predicted molar refractivity (Wildman–Crippen MR) is 77.5 cm³/mol. The Morgan fingerprint density at radius 1 is 1.45 bits per heavy atom. The molecule has 1 aromatic carbocycles. The van der Waals surface area contributed by atoms with Crippen LogP contribution in [-0.2, 0) is 0 Å². The van der Waals surface area contributed by atoms with Crippen LogP contribution in [0.2, 0.25) is 0 Å². The quantitative estimate of drug-likeness (QED) is 0.679. The molecule has 110 valence electrons. The summed E-state index contributed by atoms with van der Waals surface area (Å²) < 4.78 is 0. The average Bonchev–Trinajstić information content (AvgIpc) is 2.46. The van der Waals surface area contributed by atoms with Crippen LogP contribution in [0.1, 0.15) is 38.3 Å². The summed E-state index contributed by atoms with van der Waals surface area (Å²) in [5.41, 5.74) is 1.10. The molecule has 1 saturated heterocycles. The molecule has 3 unspecified atom stereocenters. The number of non-ortho nitro benzene ring substituents is 1. The Morgan fingerprint density at radius 3 is 2.85 bits per heavy atom. The molecule has 0 saturated carbocycles. The van der Waals surface area contributed by atoms with Crippen molar-refractivity contribution in [1.29, 1.82) is 0 Å². The second-order valence-electron chi connectivity index (χ2n) is 5.67. The van der Waals surface area contributed by atoms with Crippen LogP contribution in [0.4, 0.5) is 5.69 Å². The van der Waals surface area contributed by atoms with Gasteiger partial charge in [0.1, 0.15) is 0 Å². The molecule has 0 bridgehead atoms.